The first kappa shape index (κ1) is 9.96. The molecule has 1 rings (SSSR count). The second kappa shape index (κ2) is 4.80. The van der Waals surface area contributed by atoms with Crippen LogP contribution in [0, 0.1) is 0 Å². The summed E-state index contributed by atoms with van der Waals surface area (Å²) < 4.78 is 1.89. The highest BCUT2D eigenvalue weighted by Gasteiger charge is 2.14. The molecule has 0 saturated heterocycles. The molecular formula is C10H16N2O. The molecule has 0 spiro atoms. The van der Waals surface area contributed by atoms with Crippen LogP contribution in [0.25, 0.3) is 0 Å². The molecule has 13 heavy (non-hydrogen) atoms. The zero-order valence-electron chi connectivity index (χ0n) is 8.23. The van der Waals surface area contributed by atoms with Crippen LogP contribution in [-0.2, 0) is 4.79 Å². The number of imidazole rings is 1. The minimum Gasteiger partial charge on any atom is -0.327 e. The van der Waals surface area contributed by atoms with Gasteiger partial charge < -0.3 is 4.57 Å². The van der Waals surface area contributed by atoms with Crippen LogP contribution in [0.3, 0.4) is 0 Å². The standard InChI is InChI=1S/C10H16N2O/c1-3-4-5-10(9(2)13)12-7-6-11-8-12/h6-8,10H,3-5H2,1-2H3. The zero-order valence-corrected chi connectivity index (χ0v) is 8.23. The van der Waals surface area contributed by atoms with E-state index in [9.17, 15) is 4.79 Å². The van der Waals surface area contributed by atoms with Crippen LogP contribution in [0.2, 0.25) is 0 Å². The molecule has 0 fully saturated rings. The van der Waals surface area contributed by atoms with E-state index in [1.54, 1.807) is 19.4 Å². The third-order valence-electron chi connectivity index (χ3n) is 2.19. The quantitative estimate of drug-likeness (QED) is 0.696. The summed E-state index contributed by atoms with van der Waals surface area (Å²) in [5.74, 6) is 0.214. The molecule has 0 amide bonds. The Labute approximate surface area is 78.8 Å². The minimum atomic E-state index is -0.0116. The molecule has 72 valence electrons. The summed E-state index contributed by atoms with van der Waals surface area (Å²) in [5, 5.41) is 0. The van der Waals surface area contributed by atoms with Crippen molar-refractivity contribution in [2.75, 3.05) is 0 Å². The normalized spacial score (nSPS) is 12.8. The van der Waals surface area contributed by atoms with E-state index < -0.39 is 0 Å². The van der Waals surface area contributed by atoms with Crippen LogP contribution in [0.1, 0.15) is 39.2 Å². The smallest absolute Gasteiger partial charge is 0.152 e. The molecule has 1 heterocycles. The van der Waals surface area contributed by atoms with Crippen LogP contribution >= 0.6 is 0 Å². The minimum absolute atomic E-state index is 0.0116. The van der Waals surface area contributed by atoms with Crippen molar-refractivity contribution in [3.8, 4) is 0 Å². The molecule has 0 aliphatic rings. The molecule has 0 aliphatic heterocycles. The number of nitrogens with zero attached hydrogens (tertiary/aromatic N) is 2. The van der Waals surface area contributed by atoms with E-state index in [0.29, 0.717) is 0 Å². The number of ketones is 1. The van der Waals surface area contributed by atoms with Gasteiger partial charge in [-0.1, -0.05) is 19.8 Å². The van der Waals surface area contributed by atoms with Crippen molar-refractivity contribution in [2.24, 2.45) is 0 Å². The van der Waals surface area contributed by atoms with E-state index in [1.807, 2.05) is 10.8 Å². The van der Waals surface area contributed by atoms with Crippen LogP contribution in [0.15, 0.2) is 18.7 Å². The number of Topliss-reactive ketones (excluding diaryl/α,β-unsaturated/α-hetero) is 1. The van der Waals surface area contributed by atoms with Crippen molar-refractivity contribution in [1.82, 2.24) is 9.55 Å². The van der Waals surface area contributed by atoms with E-state index >= 15 is 0 Å². The lowest BCUT2D eigenvalue weighted by atomic mass is 10.1. The molecule has 0 N–H and O–H groups in total. The fourth-order valence-electron chi connectivity index (χ4n) is 1.41. The predicted octanol–water partition coefficient (Wildman–Crippen LogP) is 2.20. The molecular weight excluding hydrogens is 164 g/mol. The van der Waals surface area contributed by atoms with Crippen LogP contribution < -0.4 is 0 Å². The second-order valence-corrected chi connectivity index (χ2v) is 3.28. The van der Waals surface area contributed by atoms with Gasteiger partial charge in [-0.05, 0) is 13.3 Å². The van der Waals surface area contributed by atoms with E-state index in [0.717, 1.165) is 19.3 Å². The summed E-state index contributed by atoms with van der Waals surface area (Å²) >= 11 is 0. The number of aromatic nitrogens is 2. The molecule has 3 heteroatoms. The molecule has 0 aliphatic carbocycles. The lowest BCUT2D eigenvalue weighted by Crippen LogP contribution is -2.15. The third-order valence-corrected chi connectivity index (χ3v) is 2.19. The maximum absolute atomic E-state index is 11.3. The third kappa shape index (κ3) is 2.68. The highest BCUT2D eigenvalue weighted by molar-refractivity contribution is 5.79. The van der Waals surface area contributed by atoms with Gasteiger partial charge >= 0.3 is 0 Å². The fraction of sp³-hybridized carbons (Fsp3) is 0.600. The number of hydrogen-bond donors (Lipinski definition) is 0. The summed E-state index contributed by atoms with van der Waals surface area (Å²) in [6, 6.07) is -0.0116. The van der Waals surface area contributed by atoms with E-state index in [4.69, 9.17) is 0 Å². The SMILES string of the molecule is CCCCC(C(C)=O)n1ccnc1. The summed E-state index contributed by atoms with van der Waals surface area (Å²) in [5.41, 5.74) is 0. The molecule has 3 nitrogen and oxygen atoms in total. The van der Waals surface area contributed by atoms with Crippen molar-refractivity contribution in [3.05, 3.63) is 18.7 Å². The average Bonchev–Trinajstić information content (AvgIpc) is 2.57. The topological polar surface area (TPSA) is 34.9 Å². The molecule has 1 unspecified atom stereocenters. The number of rotatable bonds is 5. The van der Waals surface area contributed by atoms with Gasteiger partial charge in [0.25, 0.3) is 0 Å². The van der Waals surface area contributed by atoms with Crippen molar-refractivity contribution < 1.29 is 4.79 Å². The first-order valence-corrected chi connectivity index (χ1v) is 4.73. The average molecular weight is 180 g/mol. The van der Waals surface area contributed by atoms with Crippen molar-refractivity contribution in [1.29, 1.82) is 0 Å². The second-order valence-electron chi connectivity index (χ2n) is 3.28. The Balaban J connectivity index is 2.63. The summed E-state index contributed by atoms with van der Waals surface area (Å²) in [6.07, 6.45) is 8.40. The summed E-state index contributed by atoms with van der Waals surface area (Å²) in [6.45, 7) is 3.77. The number of unbranched alkanes of at least 4 members (excludes halogenated alkanes) is 1. The maximum Gasteiger partial charge on any atom is 0.152 e. The van der Waals surface area contributed by atoms with Crippen molar-refractivity contribution in [3.63, 3.8) is 0 Å². The molecule has 0 saturated carbocycles. The van der Waals surface area contributed by atoms with Gasteiger partial charge in [0, 0.05) is 12.4 Å². The van der Waals surface area contributed by atoms with Crippen molar-refractivity contribution in [2.45, 2.75) is 39.2 Å². The molecule has 0 bridgehead atoms. The number of carbonyl (C=O) groups excluding carboxylic acids is 1. The van der Waals surface area contributed by atoms with Gasteiger partial charge in [0.2, 0.25) is 0 Å². The number of hydrogen-bond acceptors (Lipinski definition) is 2. The summed E-state index contributed by atoms with van der Waals surface area (Å²) in [7, 11) is 0. The Morgan fingerprint density at radius 3 is 2.85 bits per heavy atom. The van der Waals surface area contributed by atoms with Gasteiger partial charge in [-0.15, -0.1) is 0 Å². The lowest BCUT2D eigenvalue weighted by Gasteiger charge is -2.14. The first-order chi connectivity index (χ1) is 6.25. The molecule has 1 aromatic heterocycles. The van der Waals surface area contributed by atoms with E-state index in [-0.39, 0.29) is 11.8 Å². The number of carbonyl (C=O) groups is 1. The molecule has 0 radical (unpaired) electrons. The Morgan fingerprint density at radius 2 is 2.38 bits per heavy atom. The largest absolute Gasteiger partial charge is 0.327 e. The van der Waals surface area contributed by atoms with Gasteiger partial charge in [-0.3, -0.25) is 4.79 Å². The van der Waals surface area contributed by atoms with Crippen LogP contribution in [0.5, 0.6) is 0 Å². The van der Waals surface area contributed by atoms with Gasteiger partial charge in [0.15, 0.2) is 5.78 Å². The van der Waals surface area contributed by atoms with Gasteiger partial charge in [-0.25, -0.2) is 4.98 Å². The summed E-state index contributed by atoms with van der Waals surface area (Å²) in [4.78, 5) is 15.2. The molecule has 1 atom stereocenters. The highest BCUT2D eigenvalue weighted by Crippen LogP contribution is 2.15. The molecule has 0 aromatic carbocycles. The van der Waals surface area contributed by atoms with Crippen molar-refractivity contribution >= 4 is 5.78 Å². The van der Waals surface area contributed by atoms with E-state index in [1.165, 1.54) is 0 Å². The lowest BCUT2D eigenvalue weighted by molar-refractivity contribution is -0.120. The van der Waals surface area contributed by atoms with Crippen LogP contribution in [-0.4, -0.2) is 15.3 Å². The zero-order chi connectivity index (χ0) is 9.68. The Kier molecular flexibility index (Phi) is 3.68. The molecule has 1 aromatic rings. The first-order valence-electron chi connectivity index (χ1n) is 4.73. The van der Waals surface area contributed by atoms with E-state index in [2.05, 4.69) is 11.9 Å². The van der Waals surface area contributed by atoms with Crippen LogP contribution in [0.4, 0.5) is 0 Å². The van der Waals surface area contributed by atoms with Gasteiger partial charge in [0.1, 0.15) is 0 Å². The monoisotopic (exact) mass is 180 g/mol. The predicted molar refractivity (Wildman–Crippen MR) is 51.5 cm³/mol. The Morgan fingerprint density at radius 1 is 1.62 bits per heavy atom. The van der Waals surface area contributed by atoms with Gasteiger partial charge in [-0.2, -0.15) is 0 Å². The fourth-order valence-corrected chi connectivity index (χ4v) is 1.41. The highest BCUT2D eigenvalue weighted by atomic mass is 16.1. The Hall–Kier alpha value is -1.12. The Bertz CT molecular complexity index is 254. The van der Waals surface area contributed by atoms with Gasteiger partial charge in [0.05, 0.1) is 12.4 Å². The maximum atomic E-state index is 11.3.